The monoisotopic (exact) mass is 322 g/mol. The molecule has 0 amide bonds. The molecule has 0 saturated carbocycles. The lowest BCUT2D eigenvalue weighted by molar-refractivity contribution is 0.411. The van der Waals surface area contributed by atoms with Crippen molar-refractivity contribution < 1.29 is 4.74 Å². The molecule has 124 valence electrons. The fraction of sp³-hybridized carbons (Fsp3) is 0.263. The Labute approximate surface area is 142 Å². The molecule has 0 aliphatic carbocycles. The van der Waals surface area contributed by atoms with E-state index in [2.05, 4.69) is 58.7 Å². The molecular formula is C19H22N4O. The molecule has 5 nitrogen and oxygen atoms in total. The predicted molar refractivity (Wildman–Crippen MR) is 93.8 cm³/mol. The second kappa shape index (κ2) is 7.75. The Morgan fingerprint density at radius 2 is 2.00 bits per heavy atom. The van der Waals surface area contributed by atoms with Crippen LogP contribution in [-0.4, -0.2) is 21.9 Å². The van der Waals surface area contributed by atoms with E-state index in [1.165, 1.54) is 11.1 Å². The molecule has 1 atom stereocenters. The number of benzene rings is 2. The highest BCUT2D eigenvalue weighted by atomic mass is 16.5. The molecule has 1 heterocycles. The molecule has 0 fully saturated rings. The van der Waals surface area contributed by atoms with Gasteiger partial charge in [-0.25, -0.2) is 4.98 Å². The van der Waals surface area contributed by atoms with Gasteiger partial charge in [-0.2, -0.15) is 5.10 Å². The van der Waals surface area contributed by atoms with Crippen molar-refractivity contribution in [3.8, 4) is 5.75 Å². The average molecular weight is 322 g/mol. The summed E-state index contributed by atoms with van der Waals surface area (Å²) in [6.07, 6.45) is 3.31. The number of aromatic nitrogens is 3. The Morgan fingerprint density at radius 1 is 1.17 bits per heavy atom. The molecule has 3 aromatic rings. The third-order valence-corrected chi connectivity index (χ3v) is 4.05. The lowest BCUT2D eigenvalue weighted by Gasteiger charge is -2.19. The standard InChI is InChI=1S/C19H22N4O/c1-15-10-16(8-9-19(15)24-2)11-21-18(12-23-14-20-13-22-23)17-6-4-3-5-7-17/h3-10,13-14,18,21H,11-12H2,1-2H3/t18-/m1/s1. The summed E-state index contributed by atoms with van der Waals surface area (Å²) in [5.74, 6) is 0.918. The Bertz CT molecular complexity index is 756. The van der Waals surface area contributed by atoms with Gasteiger partial charge in [0.2, 0.25) is 0 Å². The first-order chi connectivity index (χ1) is 11.8. The summed E-state index contributed by atoms with van der Waals surface area (Å²) in [6, 6.07) is 16.8. The van der Waals surface area contributed by atoms with Crippen LogP contribution in [0.25, 0.3) is 0 Å². The molecule has 0 unspecified atom stereocenters. The van der Waals surface area contributed by atoms with E-state index in [0.717, 1.165) is 24.4 Å². The van der Waals surface area contributed by atoms with E-state index in [0.29, 0.717) is 0 Å². The first-order valence-electron chi connectivity index (χ1n) is 8.00. The van der Waals surface area contributed by atoms with Gasteiger partial charge in [-0.1, -0.05) is 42.5 Å². The van der Waals surface area contributed by atoms with Gasteiger partial charge in [-0.15, -0.1) is 0 Å². The van der Waals surface area contributed by atoms with Gasteiger partial charge in [0, 0.05) is 6.54 Å². The van der Waals surface area contributed by atoms with Gasteiger partial charge in [0.1, 0.15) is 18.4 Å². The van der Waals surface area contributed by atoms with E-state index < -0.39 is 0 Å². The number of aryl methyl sites for hydroxylation is 1. The summed E-state index contributed by atoms with van der Waals surface area (Å²) in [5, 5.41) is 7.85. The third-order valence-electron chi connectivity index (χ3n) is 4.05. The van der Waals surface area contributed by atoms with Crippen LogP contribution in [0.1, 0.15) is 22.7 Å². The molecular weight excluding hydrogens is 300 g/mol. The number of rotatable bonds is 7. The minimum Gasteiger partial charge on any atom is -0.496 e. The van der Waals surface area contributed by atoms with Gasteiger partial charge in [0.05, 0.1) is 19.7 Å². The van der Waals surface area contributed by atoms with Gasteiger partial charge in [-0.05, 0) is 29.7 Å². The van der Waals surface area contributed by atoms with Crippen LogP contribution in [0.4, 0.5) is 0 Å². The highest BCUT2D eigenvalue weighted by Gasteiger charge is 2.12. The van der Waals surface area contributed by atoms with E-state index in [1.807, 2.05) is 16.8 Å². The van der Waals surface area contributed by atoms with Gasteiger partial charge in [-0.3, -0.25) is 4.68 Å². The average Bonchev–Trinajstić information content (AvgIpc) is 3.12. The highest BCUT2D eigenvalue weighted by molar-refractivity contribution is 5.36. The van der Waals surface area contributed by atoms with E-state index >= 15 is 0 Å². The normalized spacial score (nSPS) is 12.1. The van der Waals surface area contributed by atoms with Crippen molar-refractivity contribution in [2.24, 2.45) is 0 Å². The number of methoxy groups -OCH3 is 1. The molecule has 2 aromatic carbocycles. The van der Waals surface area contributed by atoms with E-state index in [4.69, 9.17) is 4.74 Å². The number of hydrogen-bond acceptors (Lipinski definition) is 4. The molecule has 0 radical (unpaired) electrons. The van der Waals surface area contributed by atoms with Gasteiger partial charge >= 0.3 is 0 Å². The maximum Gasteiger partial charge on any atom is 0.137 e. The van der Waals surface area contributed by atoms with Crippen LogP contribution in [0.5, 0.6) is 5.75 Å². The van der Waals surface area contributed by atoms with Crippen LogP contribution < -0.4 is 10.1 Å². The van der Waals surface area contributed by atoms with Crippen molar-refractivity contribution in [1.29, 1.82) is 0 Å². The van der Waals surface area contributed by atoms with Crippen molar-refractivity contribution in [2.75, 3.05) is 7.11 Å². The molecule has 5 heteroatoms. The van der Waals surface area contributed by atoms with E-state index in [9.17, 15) is 0 Å². The van der Waals surface area contributed by atoms with Crippen molar-refractivity contribution in [3.05, 3.63) is 77.9 Å². The van der Waals surface area contributed by atoms with E-state index in [1.54, 1.807) is 19.8 Å². The molecule has 3 rings (SSSR count). The first-order valence-corrected chi connectivity index (χ1v) is 8.00. The molecule has 0 bridgehead atoms. The zero-order valence-electron chi connectivity index (χ0n) is 14.0. The molecule has 0 aliphatic rings. The number of ether oxygens (including phenoxy) is 1. The summed E-state index contributed by atoms with van der Waals surface area (Å²) >= 11 is 0. The fourth-order valence-electron chi connectivity index (χ4n) is 2.78. The molecule has 0 aliphatic heterocycles. The van der Waals surface area contributed by atoms with Crippen LogP contribution in [0.2, 0.25) is 0 Å². The summed E-state index contributed by atoms with van der Waals surface area (Å²) in [5.41, 5.74) is 3.61. The molecule has 0 spiro atoms. The van der Waals surface area contributed by atoms with Crippen molar-refractivity contribution in [2.45, 2.75) is 26.1 Å². The van der Waals surface area contributed by atoms with Crippen molar-refractivity contribution >= 4 is 0 Å². The minimum atomic E-state index is 0.162. The Balaban J connectivity index is 1.73. The maximum absolute atomic E-state index is 5.33. The van der Waals surface area contributed by atoms with Crippen LogP contribution in [0, 0.1) is 6.92 Å². The topological polar surface area (TPSA) is 52.0 Å². The van der Waals surface area contributed by atoms with Gasteiger partial charge in [0.15, 0.2) is 0 Å². The summed E-state index contributed by atoms with van der Waals surface area (Å²) < 4.78 is 7.18. The zero-order chi connectivity index (χ0) is 16.8. The molecule has 24 heavy (non-hydrogen) atoms. The lowest BCUT2D eigenvalue weighted by Crippen LogP contribution is -2.25. The molecule has 0 saturated heterocycles. The second-order valence-corrected chi connectivity index (χ2v) is 5.77. The third kappa shape index (κ3) is 4.00. The largest absolute Gasteiger partial charge is 0.496 e. The van der Waals surface area contributed by atoms with Crippen LogP contribution >= 0.6 is 0 Å². The highest BCUT2D eigenvalue weighted by Crippen LogP contribution is 2.20. The predicted octanol–water partition coefficient (Wildman–Crippen LogP) is 3.13. The quantitative estimate of drug-likeness (QED) is 0.726. The SMILES string of the molecule is COc1ccc(CN[C@H](Cn2cncn2)c2ccccc2)cc1C. The van der Waals surface area contributed by atoms with Gasteiger partial charge in [0.25, 0.3) is 0 Å². The first kappa shape index (κ1) is 16.2. The zero-order valence-corrected chi connectivity index (χ0v) is 14.0. The number of nitrogens with one attached hydrogen (secondary N) is 1. The van der Waals surface area contributed by atoms with Gasteiger partial charge < -0.3 is 10.1 Å². The number of hydrogen-bond donors (Lipinski definition) is 1. The smallest absolute Gasteiger partial charge is 0.137 e. The summed E-state index contributed by atoms with van der Waals surface area (Å²) in [7, 11) is 1.70. The van der Waals surface area contributed by atoms with Crippen molar-refractivity contribution in [3.63, 3.8) is 0 Å². The van der Waals surface area contributed by atoms with Crippen LogP contribution in [0.15, 0.2) is 61.2 Å². The second-order valence-electron chi connectivity index (χ2n) is 5.77. The van der Waals surface area contributed by atoms with Crippen LogP contribution in [-0.2, 0) is 13.1 Å². The van der Waals surface area contributed by atoms with Crippen molar-refractivity contribution in [1.82, 2.24) is 20.1 Å². The van der Waals surface area contributed by atoms with E-state index in [-0.39, 0.29) is 6.04 Å². The Hall–Kier alpha value is -2.66. The maximum atomic E-state index is 5.33. The Kier molecular flexibility index (Phi) is 5.23. The number of nitrogens with zero attached hydrogens (tertiary/aromatic N) is 3. The lowest BCUT2D eigenvalue weighted by atomic mass is 10.1. The minimum absolute atomic E-state index is 0.162. The fourth-order valence-corrected chi connectivity index (χ4v) is 2.78. The van der Waals surface area contributed by atoms with Crippen LogP contribution in [0.3, 0.4) is 0 Å². The molecule has 1 aromatic heterocycles. The summed E-state index contributed by atoms with van der Waals surface area (Å²) in [6.45, 7) is 3.57. The Morgan fingerprint density at radius 3 is 2.67 bits per heavy atom. The summed E-state index contributed by atoms with van der Waals surface area (Å²) in [4.78, 5) is 4.03. The molecule has 1 N–H and O–H groups in total.